The number of rotatable bonds is 2. The van der Waals surface area contributed by atoms with Crippen LogP contribution in [0.1, 0.15) is 6.92 Å². The molecule has 0 saturated heterocycles. The molecule has 1 atom stereocenters. The number of halogens is 1. The van der Waals surface area contributed by atoms with Gasteiger partial charge in [0.25, 0.3) is 5.91 Å². The summed E-state index contributed by atoms with van der Waals surface area (Å²) in [6, 6.07) is 6.93. The van der Waals surface area contributed by atoms with Gasteiger partial charge in [-0.1, -0.05) is 29.8 Å². The minimum absolute atomic E-state index is 0.180. The maximum Gasteiger partial charge on any atom is 0.324 e. The summed E-state index contributed by atoms with van der Waals surface area (Å²) < 4.78 is 4.81. The quantitative estimate of drug-likeness (QED) is 0.564. The zero-order valence-corrected chi connectivity index (χ0v) is 9.90. The Labute approximate surface area is 103 Å². The highest BCUT2D eigenvalue weighted by molar-refractivity contribution is 6.49. The van der Waals surface area contributed by atoms with Crippen molar-refractivity contribution in [2.24, 2.45) is 10.9 Å². The predicted molar refractivity (Wildman–Crippen MR) is 61.6 cm³/mol. The van der Waals surface area contributed by atoms with Gasteiger partial charge >= 0.3 is 5.97 Å². The van der Waals surface area contributed by atoms with Crippen LogP contribution in [0.5, 0.6) is 0 Å². The number of hydrogen-bond donors (Lipinski definition) is 0. The Hall–Kier alpha value is -1.68. The Morgan fingerprint density at radius 2 is 2.18 bits per heavy atom. The molecule has 17 heavy (non-hydrogen) atoms. The van der Waals surface area contributed by atoms with Gasteiger partial charge in [-0.3, -0.25) is 9.59 Å². The van der Waals surface area contributed by atoms with Gasteiger partial charge < -0.3 is 4.74 Å². The molecule has 1 heterocycles. The van der Waals surface area contributed by atoms with Gasteiger partial charge in [-0.25, -0.2) is 4.99 Å². The van der Waals surface area contributed by atoms with Crippen LogP contribution in [-0.4, -0.2) is 18.5 Å². The summed E-state index contributed by atoms with van der Waals surface area (Å²) in [6.45, 7) is 1.87. The van der Waals surface area contributed by atoms with Crippen LogP contribution in [0.2, 0.25) is 0 Å². The Morgan fingerprint density at radius 3 is 2.88 bits per heavy atom. The number of carbonyl (C=O) groups is 2. The first kappa shape index (κ1) is 11.8. The summed E-state index contributed by atoms with van der Waals surface area (Å²) in [7, 11) is 0. The standard InChI is InChI=1S/C12H10ClNO3/c1-2-17-12(16)9-10(13)7-5-3-4-6-8(7)14-11(9)15/h3-6,9H,2H2,1H3. The van der Waals surface area contributed by atoms with Crippen molar-refractivity contribution in [3.05, 3.63) is 34.8 Å². The second-order valence-corrected chi connectivity index (χ2v) is 3.91. The van der Waals surface area contributed by atoms with Crippen molar-refractivity contribution in [3.63, 3.8) is 0 Å². The number of esters is 1. The normalized spacial score (nSPS) is 18.4. The number of hydrogen-bond acceptors (Lipinski definition) is 3. The Bertz CT molecular complexity index is 594. The van der Waals surface area contributed by atoms with Gasteiger partial charge in [0.1, 0.15) is 0 Å². The maximum absolute atomic E-state index is 11.7. The second kappa shape index (κ2) is 4.67. The van der Waals surface area contributed by atoms with Crippen molar-refractivity contribution < 1.29 is 14.3 Å². The van der Waals surface area contributed by atoms with E-state index in [0.717, 1.165) is 0 Å². The molecule has 0 spiro atoms. The molecular formula is C12H10ClNO3. The van der Waals surface area contributed by atoms with E-state index < -0.39 is 17.8 Å². The molecule has 0 fully saturated rings. The molecule has 1 aromatic carbocycles. The van der Waals surface area contributed by atoms with E-state index in [-0.39, 0.29) is 11.6 Å². The van der Waals surface area contributed by atoms with E-state index in [0.29, 0.717) is 10.6 Å². The van der Waals surface area contributed by atoms with E-state index in [9.17, 15) is 9.59 Å². The van der Waals surface area contributed by atoms with Crippen molar-refractivity contribution in [1.29, 1.82) is 0 Å². The highest BCUT2D eigenvalue weighted by Crippen LogP contribution is 2.20. The molecule has 1 aromatic rings. The smallest absolute Gasteiger partial charge is 0.324 e. The van der Waals surface area contributed by atoms with Crippen molar-refractivity contribution >= 4 is 28.5 Å². The summed E-state index contributed by atoms with van der Waals surface area (Å²) in [6.07, 6.45) is 0. The predicted octanol–water partition coefficient (Wildman–Crippen LogP) is 0.373. The number of fused-ring (bicyclic) bond motifs is 1. The van der Waals surface area contributed by atoms with Gasteiger partial charge in [0.05, 0.1) is 17.0 Å². The maximum atomic E-state index is 11.7. The third-order valence-electron chi connectivity index (χ3n) is 2.41. The number of benzene rings is 1. The van der Waals surface area contributed by atoms with Crippen molar-refractivity contribution in [2.45, 2.75) is 6.92 Å². The van der Waals surface area contributed by atoms with Crippen LogP contribution in [0.25, 0.3) is 5.03 Å². The average Bonchev–Trinajstić information content (AvgIpc) is 2.29. The van der Waals surface area contributed by atoms with Gasteiger partial charge in [-0.2, -0.15) is 0 Å². The third kappa shape index (κ3) is 2.08. The summed E-state index contributed by atoms with van der Waals surface area (Å²) in [5.74, 6) is -2.35. The zero-order chi connectivity index (χ0) is 12.4. The SMILES string of the molecule is CCOC(=O)C1C(=O)N=c2ccccc2=C1Cl. The van der Waals surface area contributed by atoms with Crippen LogP contribution in [0.3, 0.4) is 0 Å². The highest BCUT2D eigenvalue weighted by atomic mass is 35.5. The fourth-order valence-electron chi connectivity index (χ4n) is 1.65. The average molecular weight is 252 g/mol. The van der Waals surface area contributed by atoms with Crippen molar-refractivity contribution in [1.82, 2.24) is 0 Å². The van der Waals surface area contributed by atoms with Crippen LogP contribution in [0, 0.1) is 5.92 Å². The molecule has 0 N–H and O–H groups in total. The Kier molecular flexibility index (Phi) is 3.24. The first-order chi connectivity index (χ1) is 8.15. The van der Waals surface area contributed by atoms with Gasteiger partial charge in [-0.05, 0) is 13.0 Å². The minimum atomic E-state index is -1.12. The fourth-order valence-corrected chi connectivity index (χ4v) is 1.99. The van der Waals surface area contributed by atoms with Crippen molar-refractivity contribution in [2.75, 3.05) is 6.61 Å². The number of carbonyl (C=O) groups excluding carboxylic acids is 2. The lowest BCUT2D eigenvalue weighted by atomic mass is 10.0. The highest BCUT2D eigenvalue weighted by Gasteiger charge is 2.33. The molecular weight excluding hydrogens is 242 g/mol. The zero-order valence-electron chi connectivity index (χ0n) is 9.14. The molecule has 4 nitrogen and oxygen atoms in total. The lowest BCUT2D eigenvalue weighted by molar-refractivity contribution is -0.148. The van der Waals surface area contributed by atoms with Crippen LogP contribution in [0.15, 0.2) is 29.3 Å². The van der Waals surface area contributed by atoms with Gasteiger partial charge in [0.15, 0.2) is 5.92 Å². The van der Waals surface area contributed by atoms with Crippen LogP contribution in [0.4, 0.5) is 0 Å². The number of nitrogens with zero attached hydrogens (tertiary/aromatic N) is 1. The van der Waals surface area contributed by atoms with E-state index in [1.165, 1.54) is 0 Å². The molecule has 1 aliphatic rings. The van der Waals surface area contributed by atoms with Gasteiger partial charge in [0, 0.05) is 5.22 Å². The monoisotopic (exact) mass is 251 g/mol. The summed E-state index contributed by atoms with van der Waals surface area (Å²) >= 11 is 6.07. The number of amides is 1. The summed E-state index contributed by atoms with van der Waals surface area (Å²) in [5, 5.41) is 1.27. The van der Waals surface area contributed by atoms with E-state index >= 15 is 0 Å². The molecule has 0 aromatic heterocycles. The molecule has 88 valence electrons. The largest absolute Gasteiger partial charge is 0.465 e. The van der Waals surface area contributed by atoms with E-state index in [1.807, 2.05) is 0 Å². The number of para-hydroxylation sites is 1. The lowest BCUT2D eigenvalue weighted by Crippen LogP contribution is -2.39. The molecule has 0 bridgehead atoms. The molecule has 1 unspecified atom stereocenters. The molecule has 5 heteroatoms. The fraction of sp³-hybridized carbons (Fsp3) is 0.250. The molecule has 2 rings (SSSR count). The molecule has 1 aliphatic heterocycles. The first-order valence-electron chi connectivity index (χ1n) is 5.19. The van der Waals surface area contributed by atoms with Crippen LogP contribution >= 0.6 is 11.6 Å². The van der Waals surface area contributed by atoms with E-state index in [4.69, 9.17) is 16.3 Å². The molecule has 0 radical (unpaired) electrons. The van der Waals surface area contributed by atoms with Gasteiger partial charge in [0.2, 0.25) is 0 Å². The first-order valence-corrected chi connectivity index (χ1v) is 5.57. The number of ether oxygens (including phenoxy) is 1. The Morgan fingerprint density at radius 1 is 1.47 bits per heavy atom. The molecule has 0 aliphatic carbocycles. The van der Waals surface area contributed by atoms with E-state index in [1.54, 1.807) is 31.2 Å². The molecule has 0 saturated carbocycles. The van der Waals surface area contributed by atoms with E-state index in [2.05, 4.69) is 4.99 Å². The Balaban J connectivity index is 2.57. The van der Waals surface area contributed by atoms with Crippen LogP contribution in [-0.2, 0) is 14.3 Å². The van der Waals surface area contributed by atoms with Gasteiger partial charge in [-0.15, -0.1) is 0 Å². The second-order valence-electron chi connectivity index (χ2n) is 3.50. The molecule has 1 amide bonds. The third-order valence-corrected chi connectivity index (χ3v) is 2.84. The van der Waals surface area contributed by atoms with Crippen LogP contribution < -0.4 is 10.6 Å². The summed E-state index contributed by atoms with van der Waals surface area (Å²) in [5.41, 5.74) is 0. The minimum Gasteiger partial charge on any atom is -0.465 e. The summed E-state index contributed by atoms with van der Waals surface area (Å²) in [4.78, 5) is 27.2. The van der Waals surface area contributed by atoms with Crippen molar-refractivity contribution in [3.8, 4) is 0 Å². The topological polar surface area (TPSA) is 55.7 Å². The lowest BCUT2D eigenvalue weighted by Gasteiger charge is -2.14.